The number of carbonyl (C=O) groups is 2. The summed E-state index contributed by atoms with van der Waals surface area (Å²) >= 11 is 0. The molecule has 3 rings (SSSR count). The van der Waals surface area contributed by atoms with Crippen molar-refractivity contribution in [1.82, 2.24) is 9.78 Å². The minimum atomic E-state index is -0.888. The van der Waals surface area contributed by atoms with Crippen LogP contribution >= 0.6 is 0 Å². The Kier molecular flexibility index (Phi) is 4.61. The maximum Gasteiger partial charge on any atom is 0.307 e. The molecule has 0 saturated heterocycles. The molecule has 126 valence electrons. The molecular weight excluding hydrogens is 318 g/mol. The van der Waals surface area contributed by atoms with Crippen LogP contribution in [0.5, 0.6) is 0 Å². The Hall–Kier alpha value is -3.41. The molecule has 0 aliphatic carbocycles. The smallest absolute Gasteiger partial charge is 0.307 e. The van der Waals surface area contributed by atoms with E-state index in [1.54, 1.807) is 28.9 Å². The van der Waals surface area contributed by atoms with Gasteiger partial charge in [-0.25, -0.2) is 4.68 Å². The molecule has 0 radical (unpaired) electrons. The molecule has 1 aromatic heterocycles. The fraction of sp³-hybridized carbons (Fsp3) is 0.105. The molecule has 6 heteroatoms. The molecule has 0 bridgehead atoms. The number of amides is 1. The fourth-order valence-corrected chi connectivity index (χ4v) is 2.54. The van der Waals surface area contributed by atoms with Gasteiger partial charge in [-0.2, -0.15) is 5.10 Å². The Morgan fingerprint density at radius 2 is 1.76 bits per heavy atom. The number of aromatic nitrogens is 2. The zero-order chi connectivity index (χ0) is 17.8. The minimum Gasteiger partial charge on any atom is -0.481 e. The SMILES string of the molecule is Cc1c(C(=O)Nc2ccc(CC(=O)O)cc2)cnn1-c1ccccc1. The number of carboxylic acids is 1. The van der Waals surface area contributed by atoms with Crippen molar-refractivity contribution in [3.8, 4) is 5.69 Å². The van der Waals surface area contributed by atoms with Gasteiger partial charge in [-0.1, -0.05) is 30.3 Å². The zero-order valence-corrected chi connectivity index (χ0v) is 13.6. The second-order valence-electron chi connectivity index (χ2n) is 5.61. The summed E-state index contributed by atoms with van der Waals surface area (Å²) in [7, 11) is 0. The van der Waals surface area contributed by atoms with Crippen LogP contribution in [-0.4, -0.2) is 26.8 Å². The number of benzene rings is 2. The highest BCUT2D eigenvalue weighted by atomic mass is 16.4. The van der Waals surface area contributed by atoms with Gasteiger partial charge in [0.15, 0.2) is 0 Å². The van der Waals surface area contributed by atoms with Gasteiger partial charge in [-0.05, 0) is 36.8 Å². The molecule has 0 aliphatic rings. The van der Waals surface area contributed by atoms with Gasteiger partial charge in [0.05, 0.1) is 29.6 Å². The highest BCUT2D eigenvalue weighted by molar-refractivity contribution is 6.05. The number of rotatable bonds is 5. The quantitative estimate of drug-likeness (QED) is 0.750. The number of carboxylic acid groups (broad SMARTS) is 1. The number of para-hydroxylation sites is 1. The summed E-state index contributed by atoms with van der Waals surface area (Å²) in [4.78, 5) is 23.2. The van der Waals surface area contributed by atoms with Gasteiger partial charge in [0, 0.05) is 5.69 Å². The van der Waals surface area contributed by atoms with Gasteiger partial charge in [-0.15, -0.1) is 0 Å². The summed E-state index contributed by atoms with van der Waals surface area (Å²) in [6, 6.07) is 16.3. The van der Waals surface area contributed by atoms with Gasteiger partial charge < -0.3 is 10.4 Å². The van der Waals surface area contributed by atoms with E-state index >= 15 is 0 Å². The van der Waals surface area contributed by atoms with E-state index in [-0.39, 0.29) is 12.3 Å². The molecule has 0 atom stereocenters. The molecule has 1 heterocycles. The van der Waals surface area contributed by atoms with Gasteiger partial charge in [-0.3, -0.25) is 9.59 Å². The van der Waals surface area contributed by atoms with Crippen molar-refractivity contribution in [2.45, 2.75) is 13.3 Å². The lowest BCUT2D eigenvalue weighted by molar-refractivity contribution is -0.136. The lowest BCUT2D eigenvalue weighted by atomic mass is 10.1. The zero-order valence-electron chi connectivity index (χ0n) is 13.6. The number of carbonyl (C=O) groups excluding carboxylic acids is 1. The molecule has 0 unspecified atom stereocenters. The molecule has 2 N–H and O–H groups in total. The summed E-state index contributed by atoms with van der Waals surface area (Å²) in [5, 5.41) is 15.9. The van der Waals surface area contributed by atoms with E-state index < -0.39 is 5.97 Å². The Bertz CT molecular complexity index is 899. The lowest BCUT2D eigenvalue weighted by Gasteiger charge is -2.07. The summed E-state index contributed by atoms with van der Waals surface area (Å²) in [5.41, 5.74) is 3.39. The van der Waals surface area contributed by atoms with Crippen LogP contribution in [0.1, 0.15) is 21.6 Å². The number of hydrogen-bond donors (Lipinski definition) is 2. The first-order valence-corrected chi connectivity index (χ1v) is 7.77. The molecule has 0 spiro atoms. The molecule has 0 fully saturated rings. The predicted molar refractivity (Wildman–Crippen MR) is 94.0 cm³/mol. The molecule has 25 heavy (non-hydrogen) atoms. The van der Waals surface area contributed by atoms with E-state index in [4.69, 9.17) is 5.11 Å². The van der Waals surface area contributed by atoms with Crippen LogP contribution in [0.2, 0.25) is 0 Å². The average Bonchev–Trinajstić information content (AvgIpc) is 2.98. The third-order valence-corrected chi connectivity index (χ3v) is 3.82. The van der Waals surface area contributed by atoms with Gasteiger partial charge in [0.2, 0.25) is 0 Å². The van der Waals surface area contributed by atoms with Crippen LogP contribution in [0.25, 0.3) is 5.69 Å². The van der Waals surface area contributed by atoms with Crippen LogP contribution in [0.3, 0.4) is 0 Å². The Morgan fingerprint density at radius 3 is 2.40 bits per heavy atom. The van der Waals surface area contributed by atoms with Crippen LogP contribution in [0, 0.1) is 6.92 Å². The highest BCUT2D eigenvalue weighted by Crippen LogP contribution is 2.16. The molecule has 6 nitrogen and oxygen atoms in total. The Morgan fingerprint density at radius 1 is 1.08 bits per heavy atom. The lowest BCUT2D eigenvalue weighted by Crippen LogP contribution is -2.13. The standard InChI is InChI=1S/C19H17N3O3/c1-13-17(12-20-22(13)16-5-3-2-4-6-16)19(25)21-15-9-7-14(8-10-15)11-18(23)24/h2-10,12H,11H2,1H3,(H,21,25)(H,23,24). The van der Waals surface area contributed by atoms with Crippen LogP contribution in [0.15, 0.2) is 60.8 Å². The Labute approximate surface area is 144 Å². The fourth-order valence-electron chi connectivity index (χ4n) is 2.54. The molecule has 2 aromatic carbocycles. The highest BCUT2D eigenvalue weighted by Gasteiger charge is 2.15. The van der Waals surface area contributed by atoms with Gasteiger partial charge >= 0.3 is 5.97 Å². The first-order chi connectivity index (χ1) is 12.0. The van der Waals surface area contributed by atoms with Crippen molar-refractivity contribution in [3.63, 3.8) is 0 Å². The first-order valence-electron chi connectivity index (χ1n) is 7.77. The number of aliphatic carboxylic acids is 1. The molecule has 3 aromatic rings. The van der Waals surface area contributed by atoms with E-state index in [1.165, 1.54) is 6.20 Å². The van der Waals surface area contributed by atoms with Gasteiger partial charge in [0.1, 0.15) is 0 Å². The molecule has 0 saturated carbocycles. The van der Waals surface area contributed by atoms with Crippen molar-refractivity contribution in [1.29, 1.82) is 0 Å². The van der Waals surface area contributed by atoms with Crippen molar-refractivity contribution in [2.75, 3.05) is 5.32 Å². The number of hydrogen-bond acceptors (Lipinski definition) is 3. The van der Waals surface area contributed by atoms with E-state index in [0.717, 1.165) is 11.4 Å². The van der Waals surface area contributed by atoms with E-state index in [2.05, 4.69) is 10.4 Å². The van der Waals surface area contributed by atoms with Crippen molar-refractivity contribution < 1.29 is 14.7 Å². The van der Waals surface area contributed by atoms with Crippen LogP contribution < -0.4 is 5.32 Å². The van der Waals surface area contributed by atoms with Crippen LogP contribution in [-0.2, 0) is 11.2 Å². The topological polar surface area (TPSA) is 84.2 Å². The summed E-state index contributed by atoms with van der Waals surface area (Å²) in [5.74, 6) is -1.15. The number of anilines is 1. The number of nitrogens with zero attached hydrogens (tertiary/aromatic N) is 2. The van der Waals surface area contributed by atoms with E-state index in [0.29, 0.717) is 16.8 Å². The predicted octanol–water partition coefficient (Wildman–Crippen LogP) is 3.06. The van der Waals surface area contributed by atoms with Gasteiger partial charge in [0.25, 0.3) is 5.91 Å². The third-order valence-electron chi connectivity index (χ3n) is 3.82. The van der Waals surface area contributed by atoms with E-state index in [9.17, 15) is 9.59 Å². The maximum absolute atomic E-state index is 12.5. The third kappa shape index (κ3) is 3.74. The van der Waals surface area contributed by atoms with Crippen LogP contribution in [0.4, 0.5) is 5.69 Å². The number of nitrogens with one attached hydrogen (secondary N) is 1. The molecule has 1 amide bonds. The summed E-state index contributed by atoms with van der Waals surface area (Å²) in [6.07, 6.45) is 1.49. The summed E-state index contributed by atoms with van der Waals surface area (Å²) in [6.45, 7) is 1.84. The van der Waals surface area contributed by atoms with Crippen molar-refractivity contribution in [3.05, 3.63) is 77.6 Å². The van der Waals surface area contributed by atoms with Crippen molar-refractivity contribution >= 4 is 17.6 Å². The normalized spacial score (nSPS) is 10.4. The second kappa shape index (κ2) is 7.00. The average molecular weight is 335 g/mol. The first kappa shape index (κ1) is 16.4. The molecular formula is C19H17N3O3. The second-order valence-corrected chi connectivity index (χ2v) is 5.61. The van der Waals surface area contributed by atoms with E-state index in [1.807, 2.05) is 37.3 Å². The summed E-state index contributed by atoms with van der Waals surface area (Å²) < 4.78 is 1.71. The Balaban J connectivity index is 1.76. The van der Waals surface area contributed by atoms with Crippen molar-refractivity contribution in [2.24, 2.45) is 0 Å². The monoisotopic (exact) mass is 335 g/mol. The minimum absolute atomic E-state index is 0.0445. The molecule has 0 aliphatic heterocycles. The largest absolute Gasteiger partial charge is 0.481 e. The maximum atomic E-state index is 12.5.